The molecule has 5 nitrogen and oxygen atoms in total. The number of rotatable bonds is 5. The average molecular weight is 474 g/mol. The maximum Gasteiger partial charge on any atom is 0.125 e. The van der Waals surface area contributed by atoms with Gasteiger partial charge in [0, 0.05) is 38.6 Å². The van der Waals surface area contributed by atoms with Crippen LogP contribution < -0.4 is 0 Å². The monoisotopic (exact) mass is 474 g/mol. The van der Waals surface area contributed by atoms with Gasteiger partial charge in [0.25, 0.3) is 0 Å². The summed E-state index contributed by atoms with van der Waals surface area (Å²) >= 11 is 0. The van der Waals surface area contributed by atoms with Crippen LogP contribution in [0.5, 0.6) is 0 Å². The summed E-state index contributed by atoms with van der Waals surface area (Å²) in [5, 5.41) is 0. The van der Waals surface area contributed by atoms with Crippen molar-refractivity contribution in [2.24, 2.45) is 0 Å². The number of hydrogen-bond donors (Lipinski definition) is 0. The average Bonchev–Trinajstić information content (AvgIpc) is 2.69. The van der Waals surface area contributed by atoms with Crippen LogP contribution in [-0.2, 0) is 37.3 Å². The molecule has 0 spiro atoms. The van der Waals surface area contributed by atoms with Crippen molar-refractivity contribution in [3.63, 3.8) is 0 Å². The van der Waals surface area contributed by atoms with Crippen molar-refractivity contribution in [1.82, 2.24) is 0 Å². The largest absolute Gasteiger partial charge is 0.412 e. The first kappa shape index (κ1) is 34.3. The summed E-state index contributed by atoms with van der Waals surface area (Å²) in [6, 6.07) is 27.2. The molecule has 172 valence electrons. The Kier molecular flexibility index (Phi) is 14.9. The second kappa shape index (κ2) is 13.9. The van der Waals surface area contributed by atoms with E-state index in [1.54, 1.807) is 6.08 Å². The predicted octanol–water partition coefficient (Wildman–Crippen LogP) is 2.88. The van der Waals surface area contributed by atoms with E-state index in [4.69, 9.17) is 0 Å². The predicted molar refractivity (Wildman–Crippen MR) is 128 cm³/mol. The Hall–Kier alpha value is -2.34. The van der Waals surface area contributed by atoms with Crippen molar-refractivity contribution in [2.75, 3.05) is 0 Å². The summed E-state index contributed by atoms with van der Waals surface area (Å²) in [5.41, 5.74) is 5.35. The Balaban J connectivity index is -0.00000168. The first-order valence-electron chi connectivity index (χ1n) is 9.35. The molecule has 0 amide bonds. The molecular formula is C26H34O5Ti. The van der Waals surface area contributed by atoms with Gasteiger partial charge in [0.05, 0.1) is 0 Å². The summed E-state index contributed by atoms with van der Waals surface area (Å²) in [5.74, 6) is 1.99. The van der Waals surface area contributed by atoms with E-state index in [-0.39, 0.29) is 54.5 Å². The van der Waals surface area contributed by atoms with E-state index in [9.17, 15) is 4.79 Å². The molecule has 3 aromatic rings. The molecule has 8 N–H and O–H groups in total. The van der Waals surface area contributed by atoms with Crippen molar-refractivity contribution in [3.05, 3.63) is 107 Å². The smallest absolute Gasteiger partial charge is 0.125 e. The molecule has 0 aromatic heterocycles. The minimum atomic E-state index is -0.257. The first-order valence-corrected chi connectivity index (χ1v) is 9.35. The summed E-state index contributed by atoms with van der Waals surface area (Å²) in [7, 11) is 0. The molecule has 3 rings (SSSR count). The molecule has 0 radical (unpaired) electrons. The fourth-order valence-electron chi connectivity index (χ4n) is 3.98. The van der Waals surface area contributed by atoms with Crippen LogP contribution in [0.2, 0.25) is 0 Å². The summed E-state index contributed by atoms with van der Waals surface area (Å²) in [6.07, 6.45) is 1.56. The molecule has 0 saturated heterocycles. The molecule has 0 aliphatic rings. The minimum Gasteiger partial charge on any atom is -0.412 e. The quantitative estimate of drug-likeness (QED) is 0.407. The zero-order valence-electron chi connectivity index (χ0n) is 19.0. The van der Waals surface area contributed by atoms with E-state index in [0.717, 1.165) is 5.56 Å². The van der Waals surface area contributed by atoms with Crippen molar-refractivity contribution in [2.45, 2.75) is 38.5 Å². The molecule has 0 unspecified atom stereocenters. The molecule has 0 aliphatic heterocycles. The number of hydrogen-bond acceptors (Lipinski definition) is 1. The van der Waals surface area contributed by atoms with Gasteiger partial charge in [0.15, 0.2) is 0 Å². The van der Waals surface area contributed by atoms with Crippen molar-refractivity contribution >= 4 is 12.0 Å². The van der Waals surface area contributed by atoms with E-state index in [2.05, 4.69) is 82.3 Å². The van der Waals surface area contributed by atoms with Crippen molar-refractivity contribution in [1.29, 1.82) is 0 Å². The van der Waals surface area contributed by atoms with Crippen LogP contribution in [0.25, 0.3) is 6.08 Å². The molecule has 3 aromatic carbocycles. The minimum absolute atomic E-state index is 0. The third kappa shape index (κ3) is 6.58. The topological polar surface area (TPSA) is 143 Å². The number of benzene rings is 3. The van der Waals surface area contributed by atoms with Crippen LogP contribution in [0, 0.1) is 0 Å². The molecule has 32 heavy (non-hydrogen) atoms. The van der Waals surface area contributed by atoms with Crippen LogP contribution in [0.15, 0.2) is 78.9 Å². The second-order valence-electron chi connectivity index (χ2n) is 8.01. The third-order valence-electron chi connectivity index (χ3n) is 5.60. The van der Waals surface area contributed by atoms with Crippen LogP contribution in [0.4, 0.5) is 0 Å². The van der Waals surface area contributed by atoms with Gasteiger partial charge in [0.1, 0.15) is 5.94 Å². The maximum absolute atomic E-state index is 11.2. The summed E-state index contributed by atoms with van der Waals surface area (Å²) in [6.45, 7) is 8.95. The fraction of sp³-hybridized carbons (Fsp3) is 0.231. The van der Waals surface area contributed by atoms with Crippen LogP contribution in [-0.4, -0.2) is 27.8 Å². The molecule has 0 aliphatic carbocycles. The molecule has 0 saturated carbocycles. The van der Waals surface area contributed by atoms with Gasteiger partial charge in [-0.05, 0) is 27.8 Å². The Labute approximate surface area is 205 Å². The van der Waals surface area contributed by atoms with E-state index in [1.165, 1.54) is 22.3 Å². The van der Waals surface area contributed by atoms with E-state index in [1.807, 2.05) is 30.2 Å². The van der Waals surface area contributed by atoms with Crippen molar-refractivity contribution < 1.29 is 48.4 Å². The third-order valence-corrected chi connectivity index (χ3v) is 5.60. The maximum atomic E-state index is 11.2. The first-order chi connectivity index (χ1) is 12.9. The molecule has 6 heteroatoms. The Morgan fingerprint density at radius 3 is 1.50 bits per heavy atom. The van der Waals surface area contributed by atoms with Gasteiger partial charge in [-0.25, -0.2) is 4.79 Å². The molecule has 0 heterocycles. The van der Waals surface area contributed by atoms with Gasteiger partial charge in [-0.2, -0.15) is 0 Å². The number of carbonyl (C=O) groups excluding carboxylic acids is 1. The molecule has 0 fully saturated rings. The normalized spacial score (nSPS) is 9.88. The van der Waals surface area contributed by atoms with Crippen LogP contribution in [0.1, 0.15) is 55.5 Å². The standard InChI is InChI=1S/C26H26O.4H2O.Ti/c1-25(2,21-13-7-5-8-14-21)23-17-11-12-20(18-19-27)24(23)26(3,4)22-15-9-6-10-16-22;;;;;/h5-18H,1-4H3;4*1H2;. The zero-order valence-corrected chi connectivity index (χ0v) is 20.6. The molecule has 0 atom stereocenters. The zero-order chi connectivity index (χ0) is 19.5. The van der Waals surface area contributed by atoms with Gasteiger partial charge >= 0.3 is 0 Å². The Bertz CT molecular complexity index is 980. The van der Waals surface area contributed by atoms with Crippen molar-refractivity contribution in [3.8, 4) is 0 Å². The van der Waals surface area contributed by atoms with E-state index < -0.39 is 0 Å². The second-order valence-corrected chi connectivity index (χ2v) is 8.01. The van der Waals surface area contributed by atoms with Crippen LogP contribution in [0.3, 0.4) is 0 Å². The van der Waals surface area contributed by atoms with Gasteiger partial charge in [0.2, 0.25) is 0 Å². The summed E-state index contributed by atoms with van der Waals surface area (Å²) in [4.78, 5) is 11.2. The van der Waals surface area contributed by atoms with E-state index >= 15 is 0 Å². The van der Waals surface area contributed by atoms with Gasteiger partial charge < -0.3 is 21.9 Å². The van der Waals surface area contributed by atoms with Crippen LogP contribution >= 0.6 is 0 Å². The molecular weight excluding hydrogens is 440 g/mol. The Morgan fingerprint density at radius 2 is 1.06 bits per heavy atom. The fourth-order valence-corrected chi connectivity index (χ4v) is 3.98. The SMILES string of the molecule is CC(C)(c1ccccc1)c1cccc(C=C=O)c1C(C)(C)c1ccccc1.O.O.O.O.[Ti]. The summed E-state index contributed by atoms with van der Waals surface area (Å²) < 4.78 is 0. The molecule has 0 bridgehead atoms. The Morgan fingerprint density at radius 1 is 0.625 bits per heavy atom. The van der Waals surface area contributed by atoms with Gasteiger partial charge in [-0.3, -0.25) is 0 Å². The van der Waals surface area contributed by atoms with Gasteiger partial charge in [-0.15, -0.1) is 0 Å². The van der Waals surface area contributed by atoms with E-state index in [0.29, 0.717) is 0 Å². The van der Waals surface area contributed by atoms with Gasteiger partial charge in [-0.1, -0.05) is 107 Å².